The van der Waals surface area contributed by atoms with E-state index in [-0.39, 0.29) is 11.9 Å². The molecule has 2 atom stereocenters. The molecule has 3 N–H and O–H groups in total. The Morgan fingerprint density at radius 1 is 1.30 bits per heavy atom. The number of quaternary nitrogens is 1. The van der Waals surface area contributed by atoms with Crippen molar-refractivity contribution in [2.45, 2.75) is 26.4 Å². The zero-order valence-corrected chi connectivity index (χ0v) is 14.4. The molecular formula is C16H26N3O4+. The Balaban J connectivity index is 2.74. The summed E-state index contributed by atoms with van der Waals surface area (Å²) in [4.78, 5) is 24.1. The Bertz CT molecular complexity index is 548. The maximum absolute atomic E-state index is 12.0. The molecule has 0 radical (unpaired) electrons. The molecule has 0 fully saturated rings. The molecule has 0 heterocycles. The third-order valence-electron chi connectivity index (χ3n) is 3.61. The fraction of sp³-hybridized carbons (Fsp3) is 0.500. The fourth-order valence-electron chi connectivity index (χ4n) is 2.08. The van der Waals surface area contributed by atoms with E-state index in [1.807, 2.05) is 32.2 Å². The van der Waals surface area contributed by atoms with E-state index in [0.29, 0.717) is 24.7 Å². The number of ether oxygens (including phenoxy) is 2. The molecule has 0 aliphatic carbocycles. The summed E-state index contributed by atoms with van der Waals surface area (Å²) < 4.78 is 10.8. The Morgan fingerprint density at radius 2 is 2.00 bits per heavy atom. The average molecular weight is 324 g/mol. The lowest BCUT2D eigenvalue weighted by Gasteiger charge is -2.21. The van der Waals surface area contributed by atoms with Gasteiger partial charge in [0.1, 0.15) is 6.54 Å². The highest BCUT2D eigenvalue weighted by Crippen LogP contribution is 2.27. The molecule has 7 heteroatoms. The zero-order valence-electron chi connectivity index (χ0n) is 14.4. The largest absolute Gasteiger partial charge is 0.493 e. The number of nitrogens with one attached hydrogen (secondary N) is 3. The topological polar surface area (TPSA) is 81.1 Å². The van der Waals surface area contributed by atoms with Gasteiger partial charge >= 0.3 is 6.03 Å². The van der Waals surface area contributed by atoms with Gasteiger partial charge in [-0.15, -0.1) is 0 Å². The smallest absolute Gasteiger partial charge is 0.321 e. The molecule has 0 spiro atoms. The van der Waals surface area contributed by atoms with Crippen molar-refractivity contribution in [2.24, 2.45) is 0 Å². The SMILES string of the molecule is CCOc1ccc(C[NH+](C)[C@H](C)C(=O)NC(=O)NC)cc1OC. The van der Waals surface area contributed by atoms with E-state index >= 15 is 0 Å². The third kappa shape index (κ3) is 5.45. The molecule has 1 unspecified atom stereocenters. The number of likely N-dealkylation sites (N-methyl/N-ethyl adjacent to an activating group) is 1. The summed E-state index contributed by atoms with van der Waals surface area (Å²) in [5.41, 5.74) is 1.02. The maximum atomic E-state index is 12.0. The van der Waals surface area contributed by atoms with E-state index < -0.39 is 6.03 Å². The number of benzene rings is 1. The Hall–Kier alpha value is -2.28. The van der Waals surface area contributed by atoms with Crippen LogP contribution in [0.5, 0.6) is 11.5 Å². The number of rotatable bonds is 7. The second-order valence-corrected chi connectivity index (χ2v) is 5.23. The highest BCUT2D eigenvalue weighted by Gasteiger charge is 2.23. The molecule has 1 aromatic rings. The number of hydrogen-bond acceptors (Lipinski definition) is 4. The van der Waals surface area contributed by atoms with E-state index in [1.54, 1.807) is 14.0 Å². The van der Waals surface area contributed by atoms with E-state index in [0.717, 1.165) is 10.5 Å². The normalized spacial score (nSPS) is 12.9. The summed E-state index contributed by atoms with van der Waals surface area (Å²) >= 11 is 0. The minimum atomic E-state index is -0.502. The summed E-state index contributed by atoms with van der Waals surface area (Å²) in [6, 6.07) is 4.83. The predicted molar refractivity (Wildman–Crippen MR) is 86.8 cm³/mol. The first-order valence-electron chi connectivity index (χ1n) is 7.57. The van der Waals surface area contributed by atoms with Crippen molar-refractivity contribution in [2.75, 3.05) is 27.8 Å². The molecule has 7 nitrogen and oxygen atoms in total. The maximum Gasteiger partial charge on any atom is 0.321 e. The molecule has 1 aromatic carbocycles. The zero-order chi connectivity index (χ0) is 17.4. The molecule has 0 aliphatic rings. The van der Waals surface area contributed by atoms with Gasteiger partial charge in [-0.3, -0.25) is 10.1 Å². The van der Waals surface area contributed by atoms with Gasteiger partial charge in [0.2, 0.25) is 0 Å². The van der Waals surface area contributed by atoms with Gasteiger partial charge in [0, 0.05) is 12.6 Å². The van der Waals surface area contributed by atoms with Crippen LogP contribution in [0.1, 0.15) is 19.4 Å². The van der Waals surface area contributed by atoms with Crippen LogP contribution in [-0.2, 0) is 11.3 Å². The van der Waals surface area contributed by atoms with E-state index in [2.05, 4.69) is 10.6 Å². The van der Waals surface area contributed by atoms with Gasteiger partial charge in [0.25, 0.3) is 5.91 Å². The van der Waals surface area contributed by atoms with Crippen LogP contribution in [0, 0.1) is 0 Å². The van der Waals surface area contributed by atoms with Crippen LogP contribution in [0.25, 0.3) is 0 Å². The van der Waals surface area contributed by atoms with Crippen LogP contribution in [0.3, 0.4) is 0 Å². The van der Waals surface area contributed by atoms with Crippen molar-refractivity contribution in [3.63, 3.8) is 0 Å². The molecule has 23 heavy (non-hydrogen) atoms. The molecule has 0 saturated carbocycles. The summed E-state index contributed by atoms with van der Waals surface area (Å²) in [7, 11) is 4.96. The molecule has 1 rings (SSSR count). The fourth-order valence-corrected chi connectivity index (χ4v) is 2.08. The minimum Gasteiger partial charge on any atom is -0.493 e. The van der Waals surface area contributed by atoms with Crippen molar-refractivity contribution >= 4 is 11.9 Å². The lowest BCUT2D eigenvalue weighted by molar-refractivity contribution is -0.908. The Morgan fingerprint density at radius 3 is 2.57 bits per heavy atom. The van der Waals surface area contributed by atoms with E-state index in [4.69, 9.17) is 9.47 Å². The van der Waals surface area contributed by atoms with Gasteiger partial charge in [-0.25, -0.2) is 4.79 Å². The predicted octanol–water partition coefficient (Wildman–Crippen LogP) is -0.0473. The Labute approximate surface area is 136 Å². The van der Waals surface area contributed by atoms with Gasteiger partial charge in [0.05, 0.1) is 20.8 Å². The van der Waals surface area contributed by atoms with Crippen LogP contribution < -0.4 is 25.0 Å². The first-order valence-corrected chi connectivity index (χ1v) is 7.57. The molecule has 0 saturated heterocycles. The number of carbonyl (C=O) groups excluding carboxylic acids is 2. The monoisotopic (exact) mass is 324 g/mol. The highest BCUT2D eigenvalue weighted by atomic mass is 16.5. The number of amides is 3. The standard InChI is InChI=1S/C16H25N3O4/c1-6-23-13-8-7-12(9-14(13)22-5)10-19(4)11(2)15(20)18-16(21)17-3/h7-9,11H,6,10H2,1-5H3,(H2,17,18,20,21)/p+1/t11-/m1/s1. The van der Waals surface area contributed by atoms with Crippen molar-refractivity contribution in [1.29, 1.82) is 0 Å². The van der Waals surface area contributed by atoms with E-state index in [1.165, 1.54) is 7.05 Å². The van der Waals surface area contributed by atoms with Crippen molar-refractivity contribution < 1.29 is 24.0 Å². The number of imide groups is 1. The molecule has 128 valence electrons. The lowest BCUT2D eigenvalue weighted by atomic mass is 10.1. The van der Waals surface area contributed by atoms with E-state index in [9.17, 15) is 9.59 Å². The highest BCUT2D eigenvalue weighted by molar-refractivity contribution is 5.96. The van der Waals surface area contributed by atoms with Gasteiger partial charge in [-0.05, 0) is 32.0 Å². The Kier molecular flexibility index (Phi) is 7.34. The second-order valence-electron chi connectivity index (χ2n) is 5.23. The van der Waals surface area contributed by atoms with Crippen molar-refractivity contribution in [1.82, 2.24) is 10.6 Å². The first kappa shape index (κ1) is 18.8. The molecule has 0 aromatic heterocycles. The summed E-state index contributed by atoms with van der Waals surface area (Å²) in [5, 5.41) is 4.65. The number of carbonyl (C=O) groups is 2. The van der Waals surface area contributed by atoms with Crippen LogP contribution >= 0.6 is 0 Å². The first-order chi connectivity index (χ1) is 10.9. The summed E-state index contributed by atoms with van der Waals surface area (Å²) in [6.45, 7) is 4.88. The molecule has 0 aliphatic heterocycles. The molecule has 0 bridgehead atoms. The third-order valence-corrected chi connectivity index (χ3v) is 3.61. The summed E-state index contributed by atoms with van der Waals surface area (Å²) in [6.07, 6.45) is 0. The quantitative estimate of drug-likeness (QED) is 0.657. The minimum absolute atomic E-state index is 0.320. The summed E-state index contributed by atoms with van der Waals surface area (Å²) in [5.74, 6) is 1.04. The number of hydrogen-bond donors (Lipinski definition) is 3. The van der Waals surface area contributed by atoms with Crippen LogP contribution in [0.2, 0.25) is 0 Å². The van der Waals surface area contributed by atoms with Crippen LogP contribution in [0.4, 0.5) is 4.79 Å². The van der Waals surface area contributed by atoms with Gasteiger partial charge in [-0.2, -0.15) is 0 Å². The average Bonchev–Trinajstić information content (AvgIpc) is 2.55. The second kappa shape index (κ2) is 8.99. The van der Waals surface area contributed by atoms with Crippen LogP contribution in [-0.4, -0.2) is 45.8 Å². The number of methoxy groups -OCH3 is 1. The van der Waals surface area contributed by atoms with Crippen LogP contribution in [0.15, 0.2) is 18.2 Å². The van der Waals surface area contributed by atoms with Crippen molar-refractivity contribution in [3.05, 3.63) is 23.8 Å². The van der Waals surface area contributed by atoms with Gasteiger partial charge < -0.3 is 19.7 Å². The van der Waals surface area contributed by atoms with Gasteiger partial charge in [-0.1, -0.05) is 0 Å². The number of urea groups is 1. The molecular weight excluding hydrogens is 298 g/mol. The van der Waals surface area contributed by atoms with Crippen molar-refractivity contribution in [3.8, 4) is 11.5 Å². The van der Waals surface area contributed by atoms with Gasteiger partial charge in [0.15, 0.2) is 17.5 Å². The lowest BCUT2D eigenvalue weighted by Crippen LogP contribution is -3.12. The molecule has 3 amide bonds.